The van der Waals surface area contributed by atoms with E-state index in [1.807, 2.05) is 13.8 Å². The summed E-state index contributed by atoms with van der Waals surface area (Å²) >= 11 is 0. The number of hydrogen-bond donors (Lipinski definition) is 3. The van der Waals surface area contributed by atoms with Crippen molar-refractivity contribution in [2.75, 3.05) is 26.3 Å². The van der Waals surface area contributed by atoms with Crippen molar-refractivity contribution in [2.45, 2.75) is 57.7 Å². The van der Waals surface area contributed by atoms with Crippen LogP contribution in [-0.4, -0.2) is 80.4 Å². The number of ether oxygens (including phenoxy) is 1. The van der Waals surface area contributed by atoms with Crippen molar-refractivity contribution in [2.24, 2.45) is 0 Å². The van der Waals surface area contributed by atoms with Crippen LogP contribution in [0.5, 0.6) is 0 Å². The molecule has 188 valence electrons. The standard InChI is InChI=1S/C24H32FN3O6.Na.H/c1-15(2)22-20(8-7-18(29)13-19(30)14-21(31)32)28(17-5-3-16(25)4-6-17)26-23(22)24(33)27-9-11-34-12-10-27;;/h3-6,15,18-19,29-30H,7-14H2,1-2H3,(H,31,32);;/q;+1;-1/t18-,19-;;/m1../s1. The summed E-state index contributed by atoms with van der Waals surface area (Å²) in [4.78, 5) is 25.8. The molecule has 1 fully saturated rings. The number of aromatic nitrogens is 2. The maximum Gasteiger partial charge on any atom is 1.00 e. The molecule has 1 aromatic heterocycles. The van der Waals surface area contributed by atoms with E-state index >= 15 is 0 Å². The Morgan fingerprint density at radius 3 is 2.34 bits per heavy atom. The van der Waals surface area contributed by atoms with Gasteiger partial charge >= 0.3 is 35.5 Å². The molecule has 0 aliphatic carbocycles. The third-order valence-electron chi connectivity index (χ3n) is 5.84. The fourth-order valence-corrected chi connectivity index (χ4v) is 4.20. The Labute approximate surface area is 227 Å². The van der Waals surface area contributed by atoms with Crippen molar-refractivity contribution >= 4 is 11.9 Å². The summed E-state index contributed by atoms with van der Waals surface area (Å²) < 4.78 is 20.5. The molecule has 1 aliphatic heterocycles. The number of carbonyl (C=O) groups is 2. The second kappa shape index (κ2) is 13.5. The molecule has 0 radical (unpaired) electrons. The Morgan fingerprint density at radius 1 is 1.14 bits per heavy atom. The normalized spacial score (nSPS) is 15.5. The van der Waals surface area contributed by atoms with Crippen LogP contribution in [0.15, 0.2) is 24.3 Å². The summed E-state index contributed by atoms with van der Waals surface area (Å²) in [6.45, 7) is 5.76. The van der Waals surface area contributed by atoms with Crippen LogP contribution in [0, 0.1) is 5.82 Å². The number of rotatable bonds is 10. The molecule has 2 aromatic rings. The Balaban J connectivity index is 0.00000324. The van der Waals surface area contributed by atoms with Crippen molar-refractivity contribution < 1.29 is 65.0 Å². The first-order chi connectivity index (χ1) is 16.2. The van der Waals surface area contributed by atoms with Crippen molar-refractivity contribution in [1.82, 2.24) is 14.7 Å². The molecular weight excluding hydrogens is 468 g/mol. The first kappa shape index (κ1) is 29.4. The van der Waals surface area contributed by atoms with E-state index < -0.39 is 30.4 Å². The number of hydrogen-bond acceptors (Lipinski definition) is 6. The van der Waals surface area contributed by atoms with E-state index in [1.165, 1.54) is 12.1 Å². The van der Waals surface area contributed by atoms with Gasteiger partial charge in [-0.3, -0.25) is 9.59 Å². The maximum absolute atomic E-state index is 13.6. The number of aliphatic carboxylic acids is 1. The van der Waals surface area contributed by atoms with Gasteiger partial charge in [0, 0.05) is 24.3 Å². The van der Waals surface area contributed by atoms with Gasteiger partial charge < -0.3 is 26.4 Å². The number of halogens is 1. The van der Waals surface area contributed by atoms with Crippen LogP contribution >= 0.6 is 0 Å². The number of aliphatic hydroxyl groups is 2. The first-order valence-electron chi connectivity index (χ1n) is 11.5. The molecule has 2 atom stereocenters. The van der Waals surface area contributed by atoms with Crippen molar-refractivity contribution in [3.63, 3.8) is 0 Å². The molecular formula is C24H33FN3NaO6. The molecule has 3 rings (SSSR count). The smallest absolute Gasteiger partial charge is 1.00 e. The Bertz CT molecular complexity index is 998. The van der Waals surface area contributed by atoms with E-state index in [0.717, 1.165) is 5.56 Å². The number of amides is 1. The predicted molar refractivity (Wildman–Crippen MR) is 123 cm³/mol. The summed E-state index contributed by atoms with van der Waals surface area (Å²) in [7, 11) is 0. The zero-order chi connectivity index (χ0) is 24.8. The summed E-state index contributed by atoms with van der Waals surface area (Å²) in [5.74, 6) is -1.79. The van der Waals surface area contributed by atoms with Gasteiger partial charge in [0.05, 0.1) is 37.5 Å². The van der Waals surface area contributed by atoms with Gasteiger partial charge in [-0.25, -0.2) is 9.07 Å². The van der Waals surface area contributed by atoms with Crippen molar-refractivity contribution in [3.8, 4) is 5.69 Å². The third kappa shape index (κ3) is 7.83. The number of carbonyl (C=O) groups excluding carboxylic acids is 1. The van der Waals surface area contributed by atoms with E-state index in [2.05, 4.69) is 5.10 Å². The quantitative estimate of drug-likeness (QED) is 0.366. The molecule has 0 unspecified atom stereocenters. The number of carboxylic acids is 1. The minimum Gasteiger partial charge on any atom is -1.00 e. The summed E-state index contributed by atoms with van der Waals surface area (Å²) in [5, 5.41) is 33.7. The predicted octanol–water partition coefficient (Wildman–Crippen LogP) is -0.757. The van der Waals surface area contributed by atoms with Crippen LogP contribution in [0.1, 0.15) is 62.2 Å². The molecule has 0 saturated carbocycles. The number of morpholine rings is 1. The van der Waals surface area contributed by atoms with E-state index in [4.69, 9.17) is 9.84 Å². The molecule has 1 saturated heterocycles. The molecule has 0 spiro atoms. The summed E-state index contributed by atoms with van der Waals surface area (Å²) in [6.07, 6.45) is -2.06. The maximum atomic E-state index is 13.6. The average molecular weight is 502 g/mol. The first-order valence-corrected chi connectivity index (χ1v) is 11.5. The monoisotopic (exact) mass is 501 g/mol. The molecule has 35 heavy (non-hydrogen) atoms. The number of benzene rings is 1. The molecule has 1 aromatic carbocycles. The van der Waals surface area contributed by atoms with Gasteiger partial charge in [0.15, 0.2) is 5.69 Å². The third-order valence-corrected chi connectivity index (χ3v) is 5.84. The molecule has 1 amide bonds. The Kier molecular flexibility index (Phi) is 11.3. The fourth-order valence-electron chi connectivity index (χ4n) is 4.20. The minimum absolute atomic E-state index is 0. The molecule has 9 nitrogen and oxygen atoms in total. The van der Waals surface area contributed by atoms with E-state index in [-0.39, 0.29) is 55.7 Å². The number of carboxylic acid groups (broad SMARTS) is 1. The number of aliphatic hydroxyl groups excluding tert-OH is 2. The summed E-state index contributed by atoms with van der Waals surface area (Å²) in [6, 6.07) is 5.78. The van der Waals surface area contributed by atoms with E-state index in [1.54, 1.807) is 21.7 Å². The summed E-state index contributed by atoms with van der Waals surface area (Å²) in [5.41, 5.74) is 2.36. The Morgan fingerprint density at radius 2 is 1.77 bits per heavy atom. The number of nitrogens with zero attached hydrogens (tertiary/aromatic N) is 3. The van der Waals surface area contributed by atoms with Gasteiger partial charge in [0.25, 0.3) is 5.91 Å². The molecule has 11 heteroatoms. The molecule has 1 aliphatic rings. The van der Waals surface area contributed by atoms with Crippen molar-refractivity contribution in [1.29, 1.82) is 0 Å². The topological polar surface area (TPSA) is 125 Å². The van der Waals surface area contributed by atoms with Gasteiger partial charge in [-0.2, -0.15) is 5.10 Å². The van der Waals surface area contributed by atoms with Crippen LogP contribution in [-0.2, 0) is 16.0 Å². The zero-order valence-electron chi connectivity index (χ0n) is 21.5. The van der Waals surface area contributed by atoms with Gasteiger partial charge in [0.2, 0.25) is 0 Å². The fraction of sp³-hybridized carbons (Fsp3) is 0.542. The van der Waals surface area contributed by atoms with Crippen LogP contribution < -0.4 is 29.6 Å². The van der Waals surface area contributed by atoms with Crippen molar-refractivity contribution in [3.05, 3.63) is 47.0 Å². The molecule has 0 bridgehead atoms. The Hall–Kier alpha value is -1.82. The second-order valence-electron chi connectivity index (χ2n) is 8.84. The van der Waals surface area contributed by atoms with Gasteiger partial charge in [-0.05, 0) is 49.4 Å². The second-order valence-corrected chi connectivity index (χ2v) is 8.84. The largest absolute Gasteiger partial charge is 1.00 e. The zero-order valence-corrected chi connectivity index (χ0v) is 22.5. The SMILES string of the molecule is CC(C)c1c(C(=O)N2CCOCC2)nn(-c2ccc(F)cc2)c1CC[C@@H](O)C[C@@H](O)CC(=O)O.[H-].[Na+]. The van der Waals surface area contributed by atoms with Crippen LogP contribution in [0.4, 0.5) is 4.39 Å². The molecule has 3 N–H and O–H groups in total. The van der Waals surface area contributed by atoms with E-state index in [0.29, 0.717) is 49.8 Å². The van der Waals surface area contributed by atoms with Crippen LogP contribution in [0.3, 0.4) is 0 Å². The molecule has 2 heterocycles. The van der Waals surface area contributed by atoms with Crippen LogP contribution in [0.2, 0.25) is 0 Å². The van der Waals surface area contributed by atoms with Gasteiger partial charge in [-0.1, -0.05) is 13.8 Å². The van der Waals surface area contributed by atoms with Gasteiger partial charge in [-0.15, -0.1) is 0 Å². The van der Waals surface area contributed by atoms with E-state index in [9.17, 15) is 24.2 Å². The average Bonchev–Trinajstić information content (AvgIpc) is 3.17. The van der Waals surface area contributed by atoms with Crippen LogP contribution in [0.25, 0.3) is 5.69 Å². The van der Waals surface area contributed by atoms with Gasteiger partial charge in [0.1, 0.15) is 5.82 Å². The minimum atomic E-state index is -1.16.